The fourth-order valence-electron chi connectivity index (χ4n) is 3.26. The summed E-state index contributed by atoms with van der Waals surface area (Å²) in [5.41, 5.74) is 9.56. The average molecular weight is 230 g/mol. The molecule has 0 amide bonds. The van der Waals surface area contributed by atoms with Crippen LogP contribution < -0.4 is 10.6 Å². The number of nitrogens with two attached hydrogens (primary N) is 1. The molecule has 1 unspecified atom stereocenters. The summed E-state index contributed by atoms with van der Waals surface area (Å²) < 4.78 is 0. The second-order valence-electron chi connectivity index (χ2n) is 6.07. The minimum absolute atomic E-state index is 0.125. The number of anilines is 1. The van der Waals surface area contributed by atoms with Crippen LogP contribution in [0.2, 0.25) is 0 Å². The van der Waals surface area contributed by atoms with Crippen LogP contribution in [0.1, 0.15) is 32.3 Å². The first-order chi connectivity index (χ1) is 8.11. The number of fused-ring (bicyclic) bond motifs is 1. The van der Waals surface area contributed by atoms with Crippen molar-refractivity contribution in [3.63, 3.8) is 0 Å². The van der Waals surface area contributed by atoms with Gasteiger partial charge in [0.1, 0.15) is 0 Å². The highest BCUT2D eigenvalue weighted by molar-refractivity contribution is 5.60. The van der Waals surface area contributed by atoms with Gasteiger partial charge < -0.3 is 10.6 Å². The summed E-state index contributed by atoms with van der Waals surface area (Å²) in [4.78, 5) is 2.56. The van der Waals surface area contributed by atoms with Gasteiger partial charge in [-0.2, -0.15) is 0 Å². The molecular weight excluding hydrogens is 208 g/mol. The standard InChI is InChI=1S/C15H22N2/c1-14(8-9-14)15(2,11-16)17-10-7-12-5-3-4-6-13(12)17/h3-6H,7-11,16H2,1-2H3. The topological polar surface area (TPSA) is 29.3 Å². The number of benzene rings is 1. The van der Waals surface area contributed by atoms with Crippen molar-refractivity contribution in [2.75, 3.05) is 18.0 Å². The van der Waals surface area contributed by atoms with Gasteiger partial charge >= 0.3 is 0 Å². The fourth-order valence-corrected chi connectivity index (χ4v) is 3.26. The van der Waals surface area contributed by atoms with Crippen molar-refractivity contribution in [1.29, 1.82) is 0 Å². The molecule has 1 aliphatic carbocycles. The molecular formula is C15H22N2. The molecule has 1 saturated carbocycles. The van der Waals surface area contributed by atoms with Crippen LogP contribution in [0.15, 0.2) is 24.3 Å². The number of nitrogens with zero attached hydrogens (tertiary/aromatic N) is 1. The molecule has 1 fully saturated rings. The molecule has 0 spiro atoms. The van der Waals surface area contributed by atoms with E-state index in [0.717, 1.165) is 13.1 Å². The van der Waals surface area contributed by atoms with Crippen LogP contribution in [-0.4, -0.2) is 18.6 Å². The van der Waals surface area contributed by atoms with Gasteiger partial charge in [0, 0.05) is 18.8 Å². The Kier molecular flexibility index (Phi) is 2.27. The number of para-hydroxylation sites is 1. The predicted octanol–water partition coefficient (Wildman–Crippen LogP) is 2.57. The maximum absolute atomic E-state index is 6.13. The molecule has 1 aromatic rings. The Bertz CT molecular complexity index is 436. The van der Waals surface area contributed by atoms with Crippen LogP contribution in [-0.2, 0) is 6.42 Å². The molecule has 0 saturated heterocycles. The van der Waals surface area contributed by atoms with E-state index >= 15 is 0 Å². The predicted molar refractivity (Wildman–Crippen MR) is 72.3 cm³/mol. The second-order valence-corrected chi connectivity index (χ2v) is 6.07. The van der Waals surface area contributed by atoms with E-state index in [1.54, 1.807) is 0 Å². The minimum Gasteiger partial charge on any atom is -0.364 e. The summed E-state index contributed by atoms with van der Waals surface area (Å²) >= 11 is 0. The first kappa shape index (κ1) is 11.1. The molecule has 2 heteroatoms. The van der Waals surface area contributed by atoms with E-state index in [0.29, 0.717) is 5.41 Å². The zero-order chi connectivity index (χ0) is 12.1. The Morgan fingerprint density at radius 1 is 1.35 bits per heavy atom. The van der Waals surface area contributed by atoms with E-state index in [2.05, 4.69) is 43.0 Å². The van der Waals surface area contributed by atoms with Crippen molar-refractivity contribution >= 4 is 5.69 Å². The first-order valence-corrected chi connectivity index (χ1v) is 6.66. The highest BCUT2D eigenvalue weighted by atomic mass is 15.2. The third kappa shape index (κ3) is 1.43. The quantitative estimate of drug-likeness (QED) is 0.864. The third-order valence-corrected chi connectivity index (χ3v) is 5.18. The highest BCUT2D eigenvalue weighted by Gasteiger charge is 2.56. The highest BCUT2D eigenvalue weighted by Crippen LogP contribution is 2.57. The second kappa shape index (κ2) is 3.49. The Hall–Kier alpha value is -1.02. The van der Waals surface area contributed by atoms with Gasteiger partial charge in [-0.15, -0.1) is 0 Å². The van der Waals surface area contributed by atoms with Gasteiger partial charge in [0.15, 0.2) is 0 Å². The summed E-state index contributed by atoms with van der Waals surface area (Å²) in [6, 6.07) is 8.79. The number of rotatable bonds is 3. The SMILES string of the molecule is CC1(C(C)(CN)N2CCc3ccccc32)CC1. The molecule has 17 heavy (non-hydrogen) atoms. The van der Waals surface area contributed by atoms with Crippen LogP contribution in [0.25, 0.3) is 0 Å². The lowest BCUT2D eigenvalue weighted by Crippen LogP contribution is -2.56. The lowest BCUT2D eigenvalue weighted by molar-refractivity contribution is 0.282. The summed E-state index contributed by atoms with van der Waals surface area (Å²) in [5, 5.41) is 0. The van der Waals surface area contributed by atoms with Crippen LogP contribution in [0, 0.1) is 5.41 Å². The molecule has 0 bridgehead atoms. The molecule has 0 aromatic heterocycles. The third-order valence-electron chi connectivity index (χ3n) is 5.18. The van der Waals surface area contributed by atoms with Crippen molar-refractivity contribution in [2.45, 2.75) is 38.6 Å². The monoisotopic (exact) mass is 230 g/mol. The molecule has 2 aliphatic rings. The van der Waals surface area contributed by atoms with Crippen LogP contribution in [0.5, 0.6) is 0 Å². The Balaban J connectivity index is 2.00. The van der Waals surface area contributed by atoms with E-state index < -0.39 is 0 Å². The van der Waals surface area contributed by atoms with Crippen molar-refractivity contribution in [2.24, 2.45) is 11.1 Å². The van der Waals surface area contributed by atoms with Gasteiger partial charge in [0.05, 0.1) is 5.54 Å². The molecule has 3 rings (SSSR count). The first-order valence-electron chi connectivity index (χ1n) is 6.66. The summed E-state index contributed by atoms with van der Waals surface area (Å²) in [6.07, 6.45) is 3.81. The Morgan fingerprint density at radius 2 is 2.06 bits per heavy atom. The van der Waals surface area contributed by atoms with Gasteiger partial charge in [-0.05, 0) is 43.2 Å². The lowest BCUT2D eigenvalue weighted by Gasteiger charge is -2.45. The van der Waals surface area contributed by atoms with Crippen molar-refractivity contribution in [1.82, 2.24) is 0 Å². The van der Waals surface area contributed by atoms with Crippen molar-refractivity contribution in [3.8, 4) is 0 Å². The maximum Gasteiger partial charge on any atom is 0.0549 e. The van der Waals surface area contributed by atoms with E-state index in [-0.39, 0.29) is 5.54 Å². The van der Waals surface area contributed by atoms with Crippen LogP contribution in [0.3, 0.4) is 0 Å². The molecule has 2 nitrogen and oxygen atoms in total. The molecule has 2 N–H and O–H groups in total. The zero-order valence-corrected chi connectivity index (χ0v) is 10.9. The number of hydrogen-bond acceptors (Lipinski definition) is 2. The van der Waals surface area contributed by atoms with E-state index in [1.165, 1.54) is 30.5 Å². The smallest absolute Gasteiger partial charge is 0.0549 e. The summed E-state index contributed by atoms with van der Waals surface area (Å²) in [6.45, 7) is 6.61. The van der Waals surface area contributed by atoms with Crippen LogP contribution in [0.4, 0.5) is 5.69 Å². The fraction of sp³-hybridized carbons (Fsp3) is 0.600. The van der Waals surface area contributed by atoms with Crippen LogP contribution >= 0.6 is 0 Å². The van der Waals surface area contributed by atoms with Gasteiger partial charge in [-0.25, -0.2) is 0 Å². The molecule has 92 valence electrons. The van der Waals surface area contributed by atoms with E-state index in [9.17, 15) is 0 Å². The maximum atomic E-state index is 6.13. The van der Waals surface area contributed by atoms with Crippen molar-refractivity contribution < 1.29 is 0 Å². The molecule has 1 heterocycles. The number of hydrogen-bond donors (Lipinski definition) is 1. The largest absolute Gasteiger partial charge is 0.364 e. The van der Waals surface area contributed by atoms with E-state index in [4.69, 9.17) is 5.73 Å². The van der Waals surface area contributed by atoms with Crippen molar-refractivity contribution in [3.05, 3.63) is 29.8 Å². The van der Waals surface area contributed by atoms with Gasteiger partial charge in [0.25, 0.3) is 0 Å². The average Bonchev–Trinajstić information content (AvgIpc) is 2.96. The Labute approximate surface area is 104 Å². The van der Waals surface area contributed by atoms with Gasteiger partial charge in [0.2, 0.25) is 0 Å². The minimum atomic E-state index is 0.125. The Morgan fingerprint density at radius 3 is 2.71 bits per heavy atom. The molecule has 1 atom stereocenters. The normalized spacial score (nSPS) is 24.3. The molecule has 0 radical (unpaired) electrons. The van der Waals surface area contributed by atoms with Gasteiger partial charge in [-0.1, -0.05) is 25.1 Å². The van der Waals surface area contributed by atoms with Gasteiger partial charge in [-0.3, -0.25) is 0 Å². The zero-order valence-electron chi connectivity index (χ0n) is 10.9. The summed E-state index contributed by atoms with van der Waals surface area (Å²) in [5.74, 6) is 0. The van der Waals surface area contributed by atoms with E-state index in [1.807, 2.05) is 0 Å². The molecule has 1 aliphatic heterocycles. The lowest BCUT2D eigenvalue weighted by atomic mass is 9.82. The molecule has 1 aromatic carbocycles. The summed E-state index contributed by atoms with van der Waals surface area (Å²) in [7, 11) is 0.